The lowest BCUT2D eigenvalue weighted by Crippen LogP contribution is -3.00. The van der Waals surface area contributed by atoms with E-state index in [0.717, 1.165) is 11.6 Å². The van der Waals surface area contributed by atoms with Crippen LogP contribution in [-0.4, -0.2) is 32.3 Å². The minimum absolute atomic E-state index is 0. The number of ketones is 4. The number of carbonyl (C=O) groups excluding carboxylic acids is 4. The maximum absolute atomic E-state index is 12.5. The van der Waals surface area contributed by atoms with E-state index in [4.69, 9.17) is 11.6 Å². The van der Waals surface area contributed by atoms with E-state index in [9.17, 15) is 19.2 Å². The molecule has 2 aromatic heterocycles. The minimum atomic E-state index is -0.125. The van der Waals surface area contributed by atoms with Gasteiger partial charge in [-0.3, -0.25) is 19.2 Å². The minimum Gasteiger partial charge on any atom is -1.00 e. The Morgan fingerprint density at radius 2 is 1.00 bits per heavy atom. The lowest BCUT2D eigenvalue weighted by atomic mass is 9.90. The molecule has 0 amide bonds. The monoisotopic (exact) mass is 586 g/mol. The van der Waals surface area contributed by atoms with Crippen molar-refractivity contribution in [1.82, 2.24) is 9.13 Å². The number of fused-ring (bicyclic) bond motifs is 4. The van der Waals surface area contributed by atoms with Crippen molar-refractivity contribution < 1.29 is 53.1 Å². The van der Waals surface area contributed by atoms with Gasteiger partial charge in [0, 0.05) is 29.2 Å². The molecule has 0 N–H and O–H groups in total. The highest BCUT2D eigenvalue weighted by molar-refractivity contribution is 6.27. The summed E-state index contributed by atoms with van der Waals surface area (Å²) in [4.78, 5) is 50.0. The Morgan fingerprint density at radius 3 is 1.41 bits per heavy atom. The zero-order valence-electron chi connectivity index (χ0n) is 21.9. The molecule has 39 heavy (non-hydrogen) atoms. The van der Waals surface area contributed by atoms with Gasteiger partial charge in [0.2, 0.25) is 45.9 Å². The molecule has 0 bridgehead atoms. The van der Waals surface area contributed by atoms with E-state index in [1.54, 1.807) is 80.9 Å². The van der Waals surface area contributed by atoms with Crippen LogP contribution in [-0.2, 0) is 34.1 Å². The lowest BCUT2D eigenvalue weighted by molar-refractivity contribution is -0.679. The topological polar surface area (TPSA) is 85.9 Å². The number of alkyl halides is 1. The average molecular weight is 588 g/mol. The second-order valence-electron chi connectivity index (χ2n) is 9.14. The van der Waals surface area contributed by atoms with Crippen molar-refractivity contribution in [3.05, 3.63) is 105 Å². The second-order valence-corrected chi connectivity index (χ2v) is 9.40. The molecule has 0 atom stereocenters. The van der Waals surface area contributed by atoms with E-state index in [2.05, 4.69) is 0 Å². The lowest BCUT2D eigenvalue weighted by Gasteiger charge is -2.11. The third-order valence-electron chi connectivity index (χ3n) is 7.35. The van der Waals surface area contributed by atoms with Gasteiger partial charge >= 0.3 is 0 Å². The van der Waals surface area contributed by atoms with E-state index in [-0.39, 0.29) is 53.8 Å². The normalized spacial score (nSPS) is 12.8. The van der Waals surface area contributed by atoms with Gasteiger partial charge in [-0.15, -0.1) is 11.6 Å². The first-order valence-electron chi connectivity index (χ1n) is 11.7. The van der Waals surface area contributed by atoms with Crippen LogP contribution in [0.1, 0.15) is 75.9 Å². The molecule has 4 aromatic rings. The van der Waals surface area contributed by atoms with Gasteiger partial charge in [0.1, 0.15) is 5.88 Å². The van der Waals surface area contributed by atoms with Crippen molar-refractivity contribution in [2.24, 2.45) is 28.2 Å². The number of imidazole rings is 2. The first kappa shape index (κ1) is 30.0. The molecule has 8 nitrogen and oxygen atoms in total. The molecule has 0 radical (unpaired) electrons. The fraction of sp³-hybridized carbons (Fsp3) is 0.214. The molecule has 2 heterocycles. The number of aromatic nitrogens is 4. The Morgan fingerprint density at radius 1 is 0.641 bits per heavy atom. The number of hydrogen-bond acceptors (Lipinski definition) is 4. The van der Waals surface area contributed by atoms with Crippen molar-refractivity contribution in [2.45, 2.75) is 12.8 Å². The quantitative estimate of drug-likeness (QED) is 0.147. The fourth-order valence-electron chi connectivity index (χ4n) is 5.15. The van der Waals surface area contributed by atoms with Crippen LogP contribution in [0.3, 0.4) is 0 Å². The average Bonchev–Trinajstić information content (AvgIpc) is 3.30. The van der Waals surface area contributed by atoms with Crippen LogP contribution in [0, 0.1) is 6.92 Å². The Hall–Kier alpha value is -3.59. The highest BCUT2D eigenvalue weighted by atomic mass is 35.5. The molecule has 0 unspecified atom stereocenters. The smallest absolute Gasteiger partial charge is 0.272 e. The Kier molecular flexibility index (Phi) is 8.36. The number of carbonyl (C=O) groups is 4. The van der Waals surface area contributed by atoms with Gasteiger partial charge in [-0.25, -0.2) is 18.3 Å². The molecule has 0 saturated carbocycles. The van der Waals surface area contributed by atoms with Crippen LogP contribution in [0.5, 0.6) is 0 Å². The highest BCUT2D eigenvalue weighted by Gasteiger charge is 2.42. The first-order chi connectivity index (χ1) is 17.6. The zero-order chi connectivity index (χ0) is 26.8. The molecule has 2 aliphatic rings. The maximum atomic E-state index is 12.5. The van der Waals surface area contributed by atoms with Gasteiger partial charge in [0.05, 0.1) is 28.2 Å². The maximum Gasteiger partial charge on any atom is 0.272 e. The zero-order valence-corrected chi connectivity index (χ0v) is 24.1. The van der Waals surface area contributed by atoms with Crippen molar-refractivity contribution in [3.8, 4) is 0 Å². The highest BCUT2D eigenvalue weighted by Crippen LogP contribution is 2.27. The summed E-state index contributed by atoms with van der Waals surface area (Å²) in [5, 5.41) is 0. The summed E-state index contributed by atoms with van der Waals surface area (Å²) >= 11 is 5.90. The van der Waals surface area contributed by atoms with Crippen molar-refractivity contribution in [3.63, 3.8) is 0 Å². The molecular formula is C28H25Cl3N4O4. The van der Waals surface area contributed by atoms with Gasteiger partial charge in [-0.2, -0.15) is 0 Å². The fourth-order valence-corrected chi connectivity index (χ4v) is 5.51. The molecule has 202 valence electrons. The summed E-state index contributed by atoms with van der Waals surface area (Å²) in [6, 6.07) is 13.9. The molecule has 0 fully saturated rings. The molecule has 2 aliphatic carbocycles. The van der Waals surface area contributed by atoms with Gasteiger partial charge in [0.25, 0.3) is 11.6 Å². The molecule has 0 spiro atoms. The van der Waals surface area contributed by atoms with Crippen molar-refractivity contribution >= 4 is 34.7 Å². The third kappa shape index (κ3) is 4.23. The molecule has 0 saturated heterocycles. The predicted octanol–water partition coefficient (Wildman–Crippen LogP) is -3.69. The number of hydrogen-bond donors (Lipinski definition) is 0. The van der Waals surface area contributed by atoms with E-state index >= 15 is 0 Å². The predicted molar refractivity (Wildman–Crippen MR) is 134 cm³/mol. The van der Waals surface area contributed by atoms with E-state index in [0.29, 0.717) is 45.0 Å². The summed E-state index contributed by atoms with van der Waals surface area (Å²) < 4.78 is 6.98. The van der Waals surface area contributed by atoms with Crippen LogP contribution in [0.15, 0.2) is 48.5 Å². The van der Waals surface area contributed by atoms with E-state index < -0.39 is 0 Å². The van der Waals surface area contributed by atoms with Crippen LogP contribution < -0.4 is 33.9 Å². The first-order valence-corrected chi connectivity index (χ1v) is 12.2. The van der Waals surface area contributed by atoms with Crippen LogP contribution in [0.2, 0.25) is 0 Å². The second kappa shape index (κ2) is 10.9. The Balaban J connectivity index is 0.000000205. The standard InChI is InChI=1S/C14H12ClN2O2.C14H13N2O2.2ClH/c1-16-10(7-15)17(2)12-11(16)13(18)8-5-3-4-6-9(8)14(12)19;1-8-15(2)11-12(16(8)3)14(18)10-7-5-4-6-9(10)13(11)17;;/h3-6H,7H2,1-2H3;4-7H,1-3H3;2*1H/q2*+1;;/p-2. The van der Waals surface area contributed by atoms with Gasteiger partial charge in [-0.1, -0.05) is 48.5 Å². The van der Waals surface area contributed by atoms with Crippen LogP contribution >= 0.6 is 11.6 Å². The molecule has 2 aromatic carbocycles. The summed E-state index contributed by atoms with van der Waals surface area (Å²) in [6.45, 7) is 1.89. The van der Waals surface area contributed by atoms with Crippen molar-refractivity contribution in [2.75, 3.05) is 0 Å². The van der Waals surface area contributed by atoms with Crippen LogP contribution in [0.25, 0.3) is 0 Å². The van der Waals surface area contributed by atoms with Crippen LogP contribution in [0.4, 0.5) is 0 Å². The van der Waals surface area contributed by atoms with E-state index in [1.165, 1.54) is 0 Å². The molecular weight excluding hydrogens is 563 g/mol. The van der Waals surface area contributed by atoms with Gasteiger partial charge < -0.3 is 24.8 Å². The Labute approximate surface area is 242 Å². The van der Waals surface area contributed by atoms with Crippen molar-refractivity contribution in [1.29, 1.82) is 0 Å². The van der Waals surface area contributed by atoms with Gasteiger partial charge in [-0.05, 0) is 0 Å². The number of benzene rings is 2. The number of rotatable bonds is 1. The summed E-state index contributed by atoms with van der Waals surface area (Å²) in [5.41, 5.74) is 3.72. The number of halogens is 3. The Bertz CT molecular complexity index is 1580. The van der Waals surface area contributed by atoms with Gasteiger partial charge in [0.15, 0.2) is 0 Å². The summed E-state index contributed by atoms with van der Waals surface area (Å²) in [5.74, 6) is 1.46. The molecule has 0 aliphatic heterocycles. The molecule has 6 rings (SSSR count). The third-order valence-corrected chi connectivity index (χ3v) is 7.59. The largest absolute Gasteiger partial charge is 1.00 e. The molecule has 11 heteroatoms. The summed E-state index contributed by atoms with van der Waals surface area (Å²) in [7, 11) is 7.14. The summed E-state index contributed by atoms with van der Waals surface area (Å²) in [6.07, 6.45) is 0. The number of nitrogens with zero attached hydrogens (tertiary/aromatic N) is 4. The SMILES string of the molecule is Cc1n(C)c2c([n+]1C)C(=O)c1ccccc1C2=O.Cn1c2c([n+](C)c1CCl)C(=O)c1ccccc1C2=O.[Cl-].[Cl-]. The van der Waals surface area contributed by atoms with E-state index in [1.807, 2.05) is 21.0 Å².